The summed E-state index contributed by atoms with van der Waals surface area (Å²) >= 11 is 6.74. The van der Waals surface area contributed by atoms with Crippen molar-refractivity contribution in [3.8, 4) is 6.07 Å². The fourth-order valence-corrected chi connectivity index (χ4v) is 6.10. The third kappa shape index (κ3) is 5.18. The van der Waals surface area contributed by atoms with Gasteiger partial charge in [0.05, 0.1) is 4.91 Å². The van der Waals surface area contributed by atoms with Gasteiger partial charge in [0.2, 0.25) is 0 Å². The average molecular weight is 489 g/mol. The first-order chi connectivity index (χ1) is 15.7. The van der Waals surface area contributed by atoms with E-state index in [1.165, 1.54) is 11.8 Å². The summed E-state index contributed by atoms with van der Waals surface area (Å²) in [6.45, 7) is 11.3. The lowest BCUT2D eigenvalue weighted by Gasteiger charge is -2.38. The van der Waals surface area contributed by atoms with Crippen LogP contribution in [-0.2, 0) is 16.1 Å². The summed E-state index contributed by atoms with van der Waals surface area (Å²) in [6.07, 6.45) is 3.66. The van der Waals surface area contributed by atoms with E-state index in [2.05, 4.69) is 24.8 Å². The molecule has 0 radical (unpaired) electrons. The minimum Gasteiger partial charge on any atom is -0.385 e. The number of aromatic nitrogens is 1. The number of pyridine rings is 1. The van der Waals surface area contributed by atoms with Gasteiger partial charge in [-0.3, -0.25) is 19.1 Å². The molecule has 0 bridgehead atoms. The number of methoxy groups -OCH3 is 1. The van der Waals surface area contributed by atoms with Crippen molar-refractivity contribution in [3.63, 3.8) is 0 Å². The van der Waals surface area contributed by atoms with Crippen molar-refractivity contribution >= 4 is 46.1 Å². The van der Waals surface area contributed by atoms with E-state index in [9.17, 15) is 14.9 Å². The second-order valence-electron chi connectivity index (χ2n) is 8.93. The number of carbonyl (C=O) groups excluding carboxylic acids is 1. The van der Waals surface area contributed by atoms with Crippen molar-refractivity contribution < 1.29 is 9.53 Å². The predicted molar refractivity (Wildman–Crippen MR) is 137 cm³/mol. The molecule has 1 aromatic heterocycles. The Balaban J connectivity index is 2.15. The maximum atomic E-state index is 13.2. The quantitative estimate of drug-likeness (QED) is 0.328. The standard InChI is InChI=1S/C24H32N4O3S2/c1-6-27-21(26-13-15(2)10-16(3)14-26)18(17(4)19(12-25)22(27)29)11-20-23(30)28(24(32)33-20)8-7-9-31-5/h11,15-16H,6-10,13-14H2,1-5H3. The topological polar surface area (TPSA) is 78.6 Å². The number of nitriles is 1. The monoisotopic (exact) mass is 488 g/mol. The van der Waals surface area contributed by atoms with Gasteiger partial charge in [0.1, 0.15) is 21.8 Å². The second kappa shape index (κ2) is 10.9. The van der Waals surface area contributed by atoms with Crippen molar-refractivity contribution in [3.05, 3.63) is 31.9 Å². The van der Waals surface area contributed by atoms with Crippen LogP contribution in [0.2, 0.25) is 0 Å². The fourth-order valence-electron chi connectivity index (χ4n) is 4.80. The van der Waals surface area contributed by atoms with Gasteiger partial charge in [-0.2, -0.15) is 5.26 Å². The Kier molecular flexibility index (Phi) is 8.38. The molecule has 2 fully saturated rings. The summed E-state index contributed by atoms with van der Waals surface area (Å²) in [4.78, 5) is 30.7. The highest BCUT2D eigenvalue weighted by Crippen LogP contribution is 2.37. The normalized spacial score (nSPS) is 22.4. The molecule has 178 valence electrons. The Morgan fingerprint density at radius 1 is 1.27 bits per heavy atom. The number of anilines is 1. The number of thiocarbonyl (C=S) groups is 1. The Morgan fingerprint density at radius 3 is 2.52 bits per heavy atom. The first-order valence-electron chi connectivity index (χ1n) is 11.4. The minimum atomic E-state index is -0.275. The zero-order valence-electron chi connectivity index (χ0n) is 20.0. The maximum absolute atomic E-state index is 13.2. The second-order valence-corrected chi connectivity index (χ2v) is 10.6. The summed E-state index contributed by atoms with van der Waals surface area (Å²) in [6, 6.07) is 2.09. The number of carbonyl (C=O) groups is 1. The fraction of sp³-hybridized carbons (Fsp3) is 0.583. The molecule has 1 amide bonds. The van der Waals surface area contributed by atoms with Gasteiger partial charge in [-0.25, -0.2) is 0 Å². The van der Waals surface area contributed by atoms with Gasteiger partial charge in [0, 0.05) is 45.5 Å². The van der Waals surface area contributed by atoms with E-state index in [1.807, 2.05) is 13.0 Å². The number of hydrogen-bond donors (Lipinski definition) is 0. The Bertz CT molecular complexity index is 1060. The van der Waals surface area contributed by atoms with Crippen molar-refractivity contribution in [1.29, 1.82) is 5.26 Å². The third-order valence-electron chi connectivity index (χ3n) is 6.21. The zero-order valence-corrected chi connectivity index (χ0v) is 21.6. The van der Waals surface area contributed by atoms with E-state index in [-0.39, 0.29) is 17.0 Å². The van der Waals surface area contributed by atoms with Crippen molar-refractivity contribution in [2.24, 2.45) is 11.8 Å². The number of thioether (sulfide) groups is 1. The lowest BCUT2D eigenvalue weighted by atomic mass is 9.91. The third-order valence-corrected chi connectivity index (χ3v) is 7.59. The number of rotatable bonds is 7. The van der Waals surface area contributed by atoms with Gasteiger partial charge in [-0.05, 0) is 50.2 Å². The molecule has 0 spiro atoms. The summed E-state index contributed by atoms with van der Waals surface area (Å²) in [5, 5.41) is 9.74. The van der Waals surface area contributed by atoms with E-state index < -0.39 is 0 Å². The first-order valence-corrected chi connectivity index (χ1v) is 12.6. The van der Waals surface area contributed by atoms with Crippen LogP contribution >= 0.6 is 24.0 Å². The Labute approximate surface area is 205 Å². The molecule has 0 saturated carbocycles. The van der Waals surface area contributed by atoms with Crippen LogP contribution in [0, 0.1) is 30.1 Å². The van der Waals surface area contributed by atoms with E-state index in [0.29, 0.717) is 52.7 Å². The van der Waals surface area contributed by atoms with E-state index in [0.717, 1.165) is 30.9 Å². The Hall–Kier alpha value is -2.15. The SMILES string of the molecule is CCn1c(N2CC(C)CC(C)C2)c(C=C2SC(=S)N(CCCOC)C2=O)c(C)c(C#N)c1=O. The van der Waals surface area contributed by atoms with Gasteiger partial charge in [0.15, 0.2) is 0 Å². The molecule has 1 aromatic rings. The zero-order chi connectivity index (χ0) is 24.3. The molecule has 3 rings (SSSR count). The van der Waals surface area contributed by atoms with Crippen LogP contribution < -0.4 is 10.5 Å². The van der Waals surface area contributed by atoms with Gasteiger partial charge < -0.3 is 9.64 Å². The smallest absolute Gasteiger partial charge is 0.270 e. The van der Waals surface area contributed by atoms with Gasteiger partial charge in [0.25, 0.3) is 11.5 Å². The summed E-state index contributed by atoms with van der Waals surface area (Å²) in [5.74, 6) is 1.62. The maximum Gasteiger partial charge on any atom is 0.270 e. The van der Waals surface area contributed by atoms with Gasteiger partial charge in [-0.15, -0.1) is 0 Å². The molecule has 2 aliphatic rings. The highest BCUT2D eigenvalue weighted by Gasteiger charge is 2.33. The molecule has 33 heavy (non-hydrogen) atoms. The summed E-state index contributed by atoms with van der Waals surface area (Å²) < 4.78 is 7.30. The summed E-state index contributed by atoms with van der Waals surface area (Å²) in [5.41, 5.74) is 1.22. The van der Waals surface area contributed by atoms with E-state index in [4.69, 9.17) is 17.0 Å². The van der Waals surface area contributed by atoms with Crippen LogP contribution in [0.15, 0.2) is 9.70 Å². The van der Waals surface area contributed by atoms with Crippen LogP contribution in [0.5, 0.6) is 0 Å². The van der Waals surface area contributed by atoms with E-state index >= 15 is 0 Å². The number of nitrogens with zero attached hydrogens (tertiary/aromatic N) is 4. The number of piperidine rings is 1. The summed E-state index contributed by atoms with van der Waals surface area (Å²) in [7, 11) is 1.63. The first kappa shape index (κ1) is 25.5. The van der Waals surface area contributed by atoms with Crippen LogP contribution in [0.25, 0.3) is 6.08 Å². The lowest BCUT2D eigenvalue weighted by molar-refractivity contribution is -0.122. The van der Waals surface area contributed by atoms with E-state index in [1.54, 1.807) is 23.5 Å². The number of hydrogen-bond acceptors (Lipinski definition) is 7. The minimum absolute atomic E-state index is 0.125. The molecule has 2 atom stereocenters. The molecular weight excluding hydrogens is 456 g/mol. The molecule has 2 unspecified atom stereocenters. The highest BCUT2D eigenvalue weighted by atomic mass is 32.2. The molecule has 9 heteroatoms. The van der Waals surface area contributed by atoms with Crippen molar-refractivity contribution in [2.75, 3.05) is 38.3 Å². The molecule has 0 aromatic carbocycles. The Morgan fingerprint density at radius 2 is 1.94 bits per heavy atom. The number of ether oxygens (including phenoxy) is 1. The van der Waals surface area contributed by atoms with Crippen molar-refractivity contribution in [1.82, 2.24) is 9.47 Å². The van der Waals surface area contributed by atoms with Crippen LogP contribution in [0.4, 0.5) is 5.82 Å². The molecule has 2 aliphatic heterocycles. The molecule has 7 nitrogen and oxygen atoms in total. The largest absolute Gasteiger partial charge is 0.385 e. The van der Waals surface area contributed by atoms with Crippen LogP contribution in [0.1, 0.15) is 50.3 Å². The predicted octanol–water partition coefficient (Wildman–Crippen LogP) is 3.77. The molecule has 0 aliphatic carbocycles. The van der Waals surface area contributed by atoms with Crippen molar-refractivity contribution in [2.45, 2.75) is 47.1 Å². The molecule has 0 N–H and O–H groups in total. The highest BCUT2D eigenvalue weighted by molar-refractivity contribution is 8.26. The molecule has 2 saturated heterocycles. The molecule has 3 heterocycles. The lowest BCUT2D eigenvalue weighted by Crippen LogP contribution is -2.42. The van der Waals surface area contributed by atoms with Crippen LogP contribution in [0.3, 0.4) is 0 Å². The van der Waals surface area contributed by atoms with Gasteiger partial charge in [-0.1, -0.05) is 37.8 Å². The van der Waals surface area contributed by atoms with Gasteiger partial charge >= 0.3 is 0 Å². The number of amides is 1. The average Bonchev–Trinajstić information content (AvgIpc) is 3.02. The molecular formula is C24H32N4O3S2. The van der Waals surface area contributed by atoms with Crippen LogP contribution in [-0.4, -0.2) is 53.0 Å².